The Labute approximate surface area is 167 Å². The normalized spacial score (nSPS) is 16.7. The van der Waals surface area contributed by atoms with Gasteiger partial charge in [-0.2, -0.15) is 18.3 Å². The Morgan fingerprint density at radius 3 is 2.73 bits per heavy atom. The molecule has 11 heteroatoms. The standard InChI is InChI=1S/C19H15F3N4O4/c20-19(21,22)16-3-1-2-13(23-16)17(27)24-15-6-10-8-26(11-4-5-30-9-11)25-14(10)7-12(15)18(28)29/h1-3,6-8,11H,4-5,9H2,(H,24,27)(H,28,29)/t11-/m0/s1. The van der Waals surface area contributed by atoms with E-state index in [1.807, 2.05) is 0 Å². The molecule has 2 aromatic heterocycles. The minimum absolute atomic E-state index is 0.0260. The molecule has 0 radical (unpaired) electrons. The van der Waals surface area contributed by atoms with Gasteiger partial charge in [-0.25, -0.2) is 9.78 Å². The van der Waals surface area contributed by atoms with Gasteiger partial charge in [-0.05, 0) is 30.7 Å². The highest BCUT2D eigenvalue weighted by molar-refractivity contribution is 6.08. The fourth-order valence-corrected chi connectivity index (χ4v) is 3.19. The first-order valence-electron chi connectivity index (χ1n) is 8.92. The van der Waals surface area contributed by atoms with E-state index >= 15 is 0 Å². The van der Waals surface area contributed by atoms with Gasteiger partial charge in [-0.15, -0.1) is 0 Å². The lowest BCUT2D eigenvalue weighted by molar-refractivity contribution is -0.141. The minimum Gasteiger partial charge on any atom is -0.478 e. The average molecular weight is 420 g/mol. The number of nitrogens with zero attached hydrogens (tertiary/aromatic N) is 3. The number of carboxylic acids is 1. The van der Waals surface area contributed by atoms with Gasteiger partial charge in [0, 0.05) is 18.2 Å². The Kier molecular flexibility index (Phi) is 4.90. The van der Waals surface area contributed by atoms with Gasteiger partial charge in [0.15, 0.2) is 0 Å². The molecule has 1 fully saturated rings. The smallest absolute Gasteiger partial charge is 0.433 e. The zero-order valence-corrected chi connectivity index (χ0v) is 15.3. The molecule has 8 nitrogen and oxygen atoms in total. The molecule has 30 heavy (non-hydrogen) atoms. The fraction of sp³-hybridized carbons (Fsp3) is 0.263. The summed E-state index contributed by atoms with van der Waals surface area (Å²) in [6.07, 6.45) is -2.23. The van der Waals surface area contributed by atoms with Crippen LogP contribution >= 0.6 is 0 Å². The molecule has 3 heterocycles. The molecule has 0 bridgehead atoms. The topological polar surface area (TPSA) is 106 Å². The number of anilines is 1. The van der Waals surface area contributed by atoms with Crippen LogP contribution < -0.4 is 5.32 Å². The van der Waals surface area contributed by atoms with E-state index < -0.39 is 29.4 Å². The highest BCUT2D eigenvalue weighted by Gasteiger charge is 2.33. The number of aromatic nitrogens is 3. The van der Waals surface area contributed by atoms with E-state index in [0.717, 1.165) is 24.6 Å². The van der Waals surface area contributed by atoms with Gasteiger partial charge >= 0.3 is 12.1 Å². The first kappa shape index (κ1) is 19.8. The SMILES string of the molecule is O=C(Nc1cc2cn([C@H]3CCOC3)nc2cc1C(=O)O)c1cccc(C(F)(F)F)n1. The third kappa shape index (κ3) is 3.83. The molecule has 3 aromatic rings. The third-order valence-electron chi connectivity index (χ3n) is 4.69. The molecule has 1 aromatic carbocycles. The fourth-order valence-electron chi connectivity index (χ4n) is 3.19. The molecule has 1 amide bonds. The number of hydrogen-bond donors (Lipinski definition) is 2. The lowest BCUT2D eigenvalue weighted by atomic mass is 10.1. The van der Waals surface area contributed by atoms with Crippen molar-refractivity contribution in [3.05, 3.63) is 53.5 Å². The second-order valence-corrected chi connectivity index (χ2v) is 6.75. The number of halogens is 3. The van der Waals surface area contributed by atoms with Crippen molar-refractivity contribution in [2.45, 2.75) is 18.6 Å². The van der Waals surface area contributed by atoms with Crippen LogP contribution in [0.4, 0.5) is 18.9 Å². The van der Waals surface area contributed by atoms with Crippen LogP contribution in [0, 0.1) is 0 Å². The monoisotopic (exact) mass is 420 g/mol. The Morgan fingerprint density at radius 2 is 2.07 bits per heavy atom. The third-order valence-corrected chi connectivity index (χ3v) is 4.69. The van der Waals surface area contributed by atoms with Crippen molar-refractivity contribution >= 4 is 28.5 Å². The number of carboxylic acid groups (broad SMARTS) is 1. The quantitative estimate of drug-likeness (QED) is 0.671. The first-order valence-corrected chi connectivity index (χ1v) is 8.92. The lowest BCUT2D eigenvalue weighted by Gasteiger charge is -2.10. The second-order valence-electron chi connectivity index (χ2n) is 6.75. The summed E-state index contributed by atoms with van der Waals surface area (Å²) in [6.45, 7) is 1.09. The molecule has 0 unspecified atom stereocenters. The number of amides is 1. The zero-order chi connectivity index (χ0) is 21.5. The summed E-state index contributed by atoms with van der Waals surface area (Å²) in [5.74, 6) is -2.28. The maximum absolute atomic E-state index is 12.8. The Balaban J connectivity index is 1.68. The van der Waals surface area contributed by atoms with Gasteiger partial charge in [-0.3, -0.25) is 9.48 Å². The number of nitrogens with one attached hydrogen (secondary N) is 1. The summed E-state index contributed by atoms with van der Waals surface area (Å²) in [6, 6.07) is 5.66. The first-order chi connectivity index (χ1) is 14.2. The summed E-state index contributed by atoms with van der Waals surface area (Å²) in [4.78, 5) is 27.4. The van der Waals surface area contributed by atoms with Crippen molar-refractivity contribution < 1.29 is 32.6 Å². The summed E-state index contributed by atoms with van der Waals surface area (Å²) in [7, 11) is 0. The number of aromatic carboxylic acids is 1. The molecule has 0 saturated carbocycles. The molecule has 0 spiro atoms. The maximum Gasteiger partial charge on any atom is 0.433 e. The summed E-state index contributed by atoms with van der Waals surface area (Å²) in [5, 5.41) is 16.8. The predicted octanol–water partition coefficient (Wildman–Crippen LogP) is 3.36. The van der Waals surface area contributed by atoms with Gasteiger partial charge in [0.25, 0.3) is 5.91 Å². The van der Waals surface area contributed by atoms with E-state index in [-0.39, 0.29) is 17.3 Å². The minimum atomic E-state index is -4.71. The van der Waals surface area contributed by atoms with E-state index in [2.05, 4.69) is 15.4 Å². The van der Waals surface area contributed by atoms with Crippen LogP contribution in [0.1, 0.15) is 39.0 Å². The number of alkyl halides is 3. The van der Waals surface area contributed by atoms with Gasteiger partial charge in [-0.1, -0.05) is 6.07 Å². The Morgan fingerprint density at radius 1 is 1.27 bits per heavy atom. The number of carbonyl (C=O) groups excluding carboxylic acids is 1. The van der Waals surface area contributed by atoms with Crippen LogP contribution in [0.2, 0.25) is 0 Å². The number of pyridine rings is 1. The van der Waals surface area contributed by atoms with E-state index in [4.69, 9.17) is 4.74 Å². The molecular formula is C19H15F3N4O4. The van der Waals surface area contributed by atoms with Crippen molar-refractivity contribution in [2.75, 3.05) is 18.5 Å². The Bertz CT molecular complexity index is 1140. The summed E-state index contributed by atoms with van der Waals surface area (Å²) >= 11 is 0. The highest BCUT2D eigenvalue weighted by Crippen LogP contribution is 2.29. The van der Waals surface area contributed by atoms with Gasteiger partial charge in [0.1, 0.15) is 11.4 Å². The predicted molar refractivity (Wildman–Crippen MR) is 98.4 cm³/mol. The molecule has 2 N–H and O–H groups in total. The second kappa shape index (κ2) is 7.41. The molecule has 1 aliphatic rings. The van der Waals surface area contributed by atoms with Crippen LogP contribution in [0.15, 0.2) is 36.5 Å². The van der Waals surface area contributed by atoms with E-state index in [0.29, 0.717) is 24.1 Å². The van der Waals surface area contributed by atoms with Gasteiger partial charge < -0.3 is 15.2 Å². The van der Waals surface area contributed by atoms with E-state index in [1.54, 1.807) is 10.9 Å². The molecule has 1 saturated heterocycles. The highest BCUT2D eigenvalue weighted by atomic mass is 19.4. The van der Waals surface area contributed by atoms with Crippen LogP contribution in [0.3, 0.4) is 0 Å². The lowest BCUT2D eigenvalue weighted by Crippen LogP contribution is -2.18. The van der Waals surface area contributed by atoms with Crippen LogP contribution in [0.5, 0.6) is 0 Å². The number of hydrogen-bond acceptors (Lipinski definition) is 5. The van der Waals surface area contributed by atoms with Crippen LogP contribution in [-0.4, -0.2) is 45.0 Å². The van der Waals surface area contributed by atoms with Crippen molar-refractivity contribution in [1.82, 2.24) is 14.8 Å². The number of carbonyl (C=O) groups is 2. The van der Waals surface area contributed by atoms with Gasteiger partial charge in [0.2, 0.25) is 0 Å². The molecular weight excluding hydrogens is 405 g/mol. The number of rotatable bonds is 4. The maximum atomic E-state index is 12.8. The molecule has 4 rings (SSSR count). The van der Waals surface area contributed by atoms with Crippen molar-refractivity contribution in [3.63, 3.8) is 0 Å². The van der Waals surface area contributed by atoms with Crippen molar-refractivity contribution in [1.29, 1.82) is 0 Å². The average Bonchev–Trinajstić information content (AvgIpc) is 3.36. The molecule has 1 atom stereocenters. The largest absolute Gasteiger partial charge is 0.478 e. The number of fused-ring (bicyclic) bond motifs is 1. The summed E-state index contributed by atoms with van der Waals surface area (Å²) < 4.78 is 45.5. The van der Waals surface area contributed by atoms with Crippen LogP contribution in [0.25, 0.3) is 10.9 Å². The van der Waals surface area contributed by atoms with Crippen LogP contribution in [-0.2, 0) is 10.9 Å². The number of ether oxygens (including phenoxy) is 1. The van der Waals surface area contributed by atoms with Crippen molar-refractivity contribution in [3.8, 4) is 0 Å². The van der Waals surface area contributed by atoms with E-state index in [1.165, 1.54) is 12.1 Å². The molecule has 156 valence electrons. The zero-order valence-electron chi connectivity index (χ0n) is 15.3. The Hall–Kier alpha value is -3.47. The van der Waals surface area contributed by atoms with Gasteiger partial charge in [0.05, 0.1) is 29.4 Å². The molecule has 1 aliphatic heterocycles. The summed E-state index contributed by atoms with van der Waals surface area (Å²) in [5.41, 5.74) is -1.60. The molecule has 0 aliphatic carbocycles. The number of benzene rings is 1. The van der Waals surface area contributed by atoms with Crippen molar-refractivity contribution in [2.24, 2.45) is 0 Å². The van der Waals surface area contributed by atoms with E-state index in [9.17, 15) is 27.9 Å².